The quantitative estimate of drug-likeness (QED) is 0.676. The Labute approximate surface area is 111 Å². The second-order valence-electron chi connectivity index (χ2n) is 3.15. The lowest BCUT2D eigenvalue weighted by atomic mass is 10.2. The normalized spacial score (nSPS) is 12.5. The fraction of sp³-hybridized carbons (Fsp3) is 0.222. The van der Waals surface area contributed by atoms with Crippen molar-refractivity contribution in [3.8, 4) is 0 Å². The number of primary amides is 1. The number of thioether (sulfide) groups is 2. The Bertz CT molecular complexity index is 450. The monoisotopic (exact) mass is 321 g/mol. The molecule has 0 atom stereocenters. The molecule has 0 spiro atoms. The first kappa shape index (κ1) is 16.0. The number of hydrogen-bond donors (Lipinski definition) is 1. The van der Waals surface area contributed by atoms with Crippen LogP contribution in [0.5, 0.6) is 0 Å². The number of rotatable bonds is 3. The third kappa shape index (κ3) is 6.10. The Morgan fingerprint density at radius 3 is 1.53 bits per heavy atom. The Kier molecular flexibility index (Phi) is 4.67. The fourth-order valence-electron chi connectivity index (χ4n) is 1.10. The van der Waals surface area contributed by atoms with Gasteiger partial charge in [0.1, 0.15) is 0 Å². The van der Waals surface area contributed by atoms with Crippen molar-refractivity contribution < 1.29 is 31.1 Å². The lowest BCUT2D eigenvalue weighted by molar-refractivity contribution is -0.0334. The van der Waals surface area contributed by atoms with Crippen LogP contribution in [0.15, 0.2) is 28.0 Å². The molecule has 0 bridgehead atoms. The molecule has 0 saturated heterocycles. The molecule has 2 nitrogen and oxygen atoms in total. The van der Waals surface area contributed by atoms with E-state index >= 15 is 0 Å². The van der Waals surface area contributed by atoms with E-state index in [9.17, 15) is 31.1 Å². The predicted molar refractivity (Wildman–Crippen MR) is 58.8 cm³/mol. The topological polar surface area (TPSA) is 43.1 Å². The largest absolute Gasteiger partial charge is 0.446 e. The second kappa shape index (κ2) is 5.53. The molecule has 0 aliphatic heterocycles. The molecule has 1 rings (SSSR count). The Morgan fingerprint density at radius 1 is 0.895 bits per heavy atom. The number of benzene rings is 1. The van der Waals surface area contributed by atoms with Gasteiger partial charge in [-0.05, 0) is 41.7 Å². The number of hydrogen-bond acceptors (Lipinski definition) is 3. The first-order valence-electron chi connectivity index (χ1n) is 4.43. The van der Waals surface area contributed by atoms with Gasteiger partial charge in [0.05, 0.1) is 0 Å². The first-order chi connectivity index (χ1) is 8.46. The SMILES string of the molecule is NC(=O)c1cc(SC(F)(F)F)cc(SC(F)(F)F)c1. The fourth-order valence-corrected chi connectivity index (χ4v) is 2.45. The average molecular weight is 321 g/mol. The first-order valence-corrected chi connectivity index (χ1v) is 6.06. The highest BCUT2D eigenvalue weighted by atomic mass is 32.2. The molecule has 0 aliphatic rings. The van der Waals surface area contributed by atoms with Crippen molar-refractivity contribution in [3.05, 3.63) is 23.8 Å². The standard InChI is InChI=1S/C9H5F6NOS2/c10-8(11,12)18-5-1-4(7(16)17)2-6(3-5)19-9(13,14)15/h1-3H,(H2,16,17). The van der Waals surface area contributed by atoms with E-state index < -0.39 is 55.8 Å². The van der Waals surface area contributed by atoms with Gasteiger partial charge in [0.25, 0.3) is 0 Å². The van der Waals surface area contributed by atoms with Gasteiger partial charge in [0, 0.05) is 15.4 Å². The van der Waals surface area contributed by atoms with Crippen LogP contribution < -0.4 is 5.73 Å². The highest BCUT2D eigenvalue weighted by Gasteiger charge is 2.32. The van der Waals surface area contributed by atoms with E-state index in [1.54, 1.807) is 0 Å². The Hall–Kier alpha value is -1.03. The van der Waals surface area contributed by atoms with E-state index in [0.29, 0.717) is 6.07 Å². The van der Waals surface area contributed by atoms with Gasteiger partial charge < -0.3 is 5.73 Å². The molecule has 0 fully saturated rings. The molecule has 0 unspecified atom stereocenters. The van der Waals surface area contributed by atoms with Crippen molar-refractivity contribution in [3.63, 3.8) is 0 Å². The molecular formula is C9H5F6NOS2. The van der Waals surface area contributed by atoms with E-state index in [2.05, 4.69) is 0 Å². The van der Waals surface area contributed by atoms with Gasteiger partial charge in [-0.2, -0.15) is 26.3 Å². The number of amides is 1. The number of carbonyl (C=O) groups excluding carboxylic acids is 1. The van der Waals surface area contributed by atoms with Gasteiger partial charge in [0.15, 0.2) is 0 Å². The summed E-state index contributed by atoms with van der Waals surface area (Å²) >= 11 is -1.23. The number of carbonyl (C=O) groups is 1. The van der Waals surface area contributed by atoms with Crippen molar-refractivity contribution in [1.29, 1.82) is 0 Å². The van der Waals surface area contributed by atoms with Crippen molar-refractivity contribution in [1.82, 2.24) is 0 Å². The van der Waals surface area contributed by atoms with Crippen LogP contribution >= 0.6 is 23.5 Å². The minimum atomic E-state index is -4.67. The van der Waals surface area contributed by atoms with Crippen LogP contribution in [0.2, 0.25) is 0 Å². The van der Waals surface area contributed by atoms with Crippen molar-refractivity contribution >= 4 is 29.4 Å². The van der Waals surface area contributed by atoms with E-state index in [1.807, 2.05) is 0 Å². The van der Waals surface area contributed by atoms with Gasteiger partial charge in [-0.25, -0.2) is 0 Å². The maximum absolute atomic E-state index is 12.2. The molecule has 0 aliphatic carbocycles. The van der Waals surface area contributed by atoms with Crippen LogP contribution in [0.1, 0.15) is 10.4 Å². The minimum absolute atomic E-state index is 0.416. The number of halogens is 6. The summed E-state index contributed by atoms with van der Waals surface area (Å²) in [6.07, 6.45) is 0. The summed E-state index contributed by atoms with van der Waals surface area (Å²) in [7, 11) is 0. The average Bonchev–Trinajstić information content (AvgIpc) is 2.10. The molecule has 2 N–H and O–H groups in total. The molecule has 1 aromatic rings. The summed E-state index contributed by atoms with van der Waals surface area (Å²) in [4.78, 5) is 9.81. The van der Waals surface area contributed by atoms with E-state index in [4.69, 9.17) is 5.73 Å². The predicted octanol–water partition coefficient (Wildman–Crippen LogP) is 4.01. The molecular weight excluding hydrogens is 316 g/mol. The zero-order valence-corrected chi connectivity index (χ0v) is 10.4. The van der Waals surface area contributed by atoms with Crippen LogP contribution in [0.25, 0.3) is 0 Å². The molecule has 0 radical (unpaired) electrons. The van der Waals surface area contributed by atoms with Gasteiger partial charge >= 0.3 is 11.0 Å². The van der Waals surface area contributed by atoms with Crippen LogP contribution in [0.3, 0.4) is 0 Å². The van der Waals surface area contributed by atoms with Gasteiger partial charge in [-0.15, -0.1) is 0 Å². The number of alkyl halides is 6. The molecule has 0 saturated carbocycles. The molecule has 1 amide bonds. The summed E-state index contributed by atoms with van der Waals surface area (Å²) in [6.45, 7) is 0. The Balaban J connectivity index is 3.14. The van der Waals surface area contributed by atoms with E-state index in [0.717, 1.165) is 12.1 Å². The minimum Gasteiger partial charge on any atom is -0.366 e. The zero-order chi connectivity index (χ0) is 14.8. The molecule has 0 aromatic heterocycles. The van der Waals surface area contributed by atoms with E-state index in [-0.39, 0.29) is 0 Å². The molecule has 1 aromatic carbocycles. The van der Waals surface area contributed by atoms with Crippen LogP contribution in [0.4, 0.5) is 26.3 Å². The van der Waals surface area contributed by atoms with Gasteiger partial charge in [0.2, 0.25) is 5.91 Å². The summed E-state index contributed by atoms with van der Waals surface area (Å²) < 4.78 is 73.0. The highest BCUT2D eigenvalue weighted by molar-refractivity contribution is 8.01. The molecule has 106 valence electrons. The summed E-state index contributed by atoms with van der Waals surface area (Å²) in [6, 6.07) is 2.28. The van der Waals surface area contributed by atoms with Crippen molar-refractivity contribution in [2.24, 2.45) is 5.73 Å². The van der Waals surface area contributed by atoms with Crippen LogP contribution in [-0.4, -0.2) is 16.9 Å². The smallest absolute Gasteiger partial charge is 0.366 e. The zero-order valence-electron chi connectivity index (χ0n) is 8.80. The molecule has 10 heteroatoms. The molecule has 0 heterocycles. The summed E-state index contributed by atoms with van der Waals surface area (Å²) in [5.74, 6) is -1.10. The lowest BCUT2D eigenvalue weighted by Gasteiger charge is -2.10. The second-order valence-corrected chi connectivity index (χ2v) is 5.43. The van der Waals surface area contributed by atoms with Crippen molar-refractivity contribution in [2.45, 2.75) is 20.8 Å². The summed E-state index contributed by atoms with van der Waals surface area (Å²) in [5.41, 5.74) is -4.90. The van der Waals surface area contributed by atoms with Crippen LogP contribution in [0, 0.1) is 0 Å². The number of nitrogens with two attached hydrogens (primary N) is 1. The Morgan fingerprint density at radius 2 is 1.26 bits per heavy atom. The maximum atomic E-state index is 12.2. The van der Waals surface area contributed by atoms with Gasteiger partial charge in [-0.3, -0.25) is 4.79 Å². The third-order valence-corrected chi connectivity index (χ3v) is 3.04. The van der Waals surface area contributed by atoms with Crippen LogP contribution in [-0.2, 0) is 0 Å². The van der Waals surface area contributed by atoms with Gasteiger partial charge in [-0.1, -0.05) is 0 Å². The third-order valence-electron chi connectivity index (χ3n) is 1.63. The summed E-state index contributed by atoms with van der Waals surface area (Å²) in [5, 5.41) is 0. The maximum Gasteiger partial charge on any atom is 0.446 e. The molecule has 19 heavy (non-hydrogen) atoms. The van der Waals surface area contributed by atoms with Crippen molar-refractivity contribution in [2.75, 3.05) is 0 Å². The highest BCUT2D eigenvalue weighted by Crippen LogP contribution is 2.42. The van der Waals surface area contributed by atoms with E-state index in [1.165, 1.54) is 0 Å². The lowest BCUT2D eigenvalue weighted by Crippen LogP contribution is -2.12.